The fraction of sp³-hybridized carbons (Fsp3) is 0.471. The van der Waals surface area contributed by atoms with Crippen LogP contribution < -0.4 is 5.32 Å². The lowest BCUT2D eigenvalue weighted by Gasteiger charge is -2.36. The Labute approximate surface area is 142 Å². The summed E-state index contributed by atoms with van der Waals surface area (Å²) in [5.74, 6) is -0.733. The Morgan fingerprint density at radius 1 is 1.39 bits per heavy atom. The minimum atomic E-state index is -0.743. The van der Waals surface area contributed by atoms with Crippen molar-refractivity contribution in [3.8, 4) is 0 Å². The Kier molecular flexibility index (Phi) is 4.23. The van der Waals surface area contributed by atoms with Gasteiger partial charge >= 0.3 is 0 Å². The summed E-state index contributed by atoms with van der Waals surface area (Å²) in [5, 5.41) is 13.7. The molecule has 2 aliphatic rings. The second-order valence-electron chi connectivity index (χ2n) is 6.26. The standard InChI is InChI=1S/C17H19BrFNO3/c1-9-12(7-10(18)8-13(9)19)14-15(21)17(20-16(14)22)5-3-11(23-2)4-6-17/h7-8,11,21H,3-6H2,1-2H3,(H,20,22). The van der Waals surface area contributed by atoms with Crippen LogP contribution in [0.3, 0.4) is 0 Å². The van der Waals surface area contributed by atoms with Gasteiger partial charge in [-0.25, -0.2) is 4.39 Å². The molecule has 1 fully saturated rings. The van der Waals surface area contributed by atoms with E-state index in [4.69, 9.17) is 4.74 Å². The molecule has 0 radical (unpaired) electrons. The summed E-state index contributed by atoms with van der Waals surface area (Å²) in [4.78, 5) is 12.5. The molecule has 0 bridgehead atoms. The smallest absolute Gasteiger partial charge is 0.256 e. The van der Waals surface area contributed by atoms with Crippen LogP contribution in [-0.2, 0) is 9.53 Å². The molecule has 1 aliphatic heterocycles. The number of hydrogen-bond acceptors (Lipinski definition) is 3. The van der Waals surface area contributed by atoms with Crippen LogP contribution in [0, 0.1) is 12.7 Å². The third-order valence-corrected chi connectivity index (χ3v) is 5.43. The van der Waals surface area contributed by atoms with Gasteiger partial charge in [0.25, 0.3) is 5.91 Å². The normalized spacial score (nSPS) is 27.7. The van der Waals surface area contributed by atoms with Gasteiger partial charge in [-0.15, -0.1) is 0 Å². The van der Waals surface area contributed by atoms with Crippen LogP contribution in [-0.4, -0.2) is 29.8 Å². The molecule has 1 aromatic rings. The summed E-state index contributed by atoms with van der Waals surface area (Å²) in [5.41, 5.74) is 0.218. The zero-order valence-electron chi connectivity index (χ0n) is 13.1. The highest BCUT2D eigenvalue weighted by atomic mass is 79.9. The highest BCUT2D eigenvalue weighted by Crippen LogP contribution is 2.42. The van der Waals surface area contributed by atoms with Crippen LogP contribution in [0.1, 0.15) is 36.8 Å². The van der Waals surface area contributed by atoms with E-state index in [0.29, 0.717) is 28.4 Å². The van der Waals surface area contributed by atoms with E-state index in [2.05, 4.69) is 21.2 Å². The van der Waals surface area contributed by atoms with Crippen molar-refractivity contribution in [2.45, 2.75) is 44.2 Å². The lowest BCUT2D eigenvalue weighted by Crippen LogP contribution is -2.48. The van der Waals surface area contributed by atoms with Crippen molar-refractivity contribution in [2.75, 3.05) is 7.11 Å². The first kappa shape index (κ1) is 16.5. The number of rotatable bonds is 2. The van der Waals surface area contributed by atoms with E-state index < -0.39 is 11.4 Å². The number of methoxy groups -OCH3 is 1. The van der Waals surface area contributed by atoms with Crippen molar-refractivity contribution in [1.29, 1.82) is 0 Å². The molecular formula is C17H19BrFNO3. The zero-order chi connectivity index (χ0) is 16.8. The Morgan fingerprint density at radius 2 is 2.04 bits per heavy atom. The molecule has 1 aromatic carbocycles. The molecule has 0 aromatic heterocycles. The van der Waals surface area contributed by atoms with E-state index in [-0.39, 0.29) is 23.3 Å². The van der Waals surface area contributed by atoms with Gasteiger partial charge in [-0.3, -0.25) is 4.79 Å². The molecule has 4 nitrogen and oxygen atoms in total. The van der Waals surface area contributed by atoms with Gasteiger partial charge in [0.05, 0.1) is 17.2 Å². The van der Waals surface area contributed by atoms with Crippen molar-refractivity contribution >= 4 is 27.4 Å². The predicted molar refractivity (Wildman–Crippen MR) is 88.5 cm³/mol. The summed E-state index contributed by atoms with van der Waals surface area (Å²) in [6, 6.07) is 3.02. The number of ether oxygens (including phenoxy) is 1. The maximum Gasteiger partial charge on any atom is 0.256 e. The molecule has 0 atom stereocenters. The minimum absolute atomic E-state index is 0.0256. The molecular weight excluding hydrogens is 365 g/mol. The maximum absolute atomic E-state index is 14.0. The van der Waals surface area contributed by atoms with Crippen LogP contribution in [0.4, 0.5) is 4.39 Å². The number of aliphatic hydroxyl groups is 1. The Balaban J connectivity index is 2.04. The number of benzene rings is 1. The summed E-state index contributed by atoms with van der Waals surface area (Å²) < 4.78 is 19.9. The van der Waals surface area contributed by atoms with E-state index >= 15 is 0 Å². The fourth-order valence-electron chi connectivity index (χ4n) is 3.52. The molecule has 124 valence electrons. The SMILES string of the molecule is COC1CCC2(CC1)NC(=O)C(c1cc(Br)cc(F)c1C)=C2O. The third-order valence-electron chi connectivity index (χ3n) is 4.97. The van der Waals surface area contributed by atoms with Gasteiger partial charge in [-0.05, 0) is 55.9 Å². The van der Waals surface area contributed by atoms with Gasteiger partial charge in [0.2, 0.25) is 0 Å². The number of aliphatic hydroxyl groups excluding tert-OH is 1. The van der Waals surface area contributed by atoms with Crippen LogP contribution in [0.5, 0.6) is 0 Å². The molecule has 0 unspecified atom stereocenters. The van der Waals surface area contributed by atoms with Crippen LogP contribution in [0.15, 0.2) is 22.4 Å². The average Bonchev–Trinajstić information content (AvgIpc) is 2.75. The number of amides is 1. The molecule has 1 spiro atoms. The molecule has 6 heteroatoms. The van der Waals surface area contributed by atoms with Gasteiger partial charge in [-0.2, -0.15) is 0 Å². The summed E-state index contributed by atoms with van der Waals surface area (Å²) in [7, 11) is 1.67. The van der Waals surface area contributed by atoms with Crippen LogP contribution in [0.25, 0.3) is 5.57 Å². The first-order valence-electron chi connectivity index (χ1n) is 7.63. The van der Waals surface area contributed by atoms with E-state index in [9.17, 15) is 14.3 Å². The van der Waals surface area contributed by atoms with E-state index in [0.717, 1.165) is 12.8 Å². The number of carbonyl (C=O) groups is 1. The fourth-order valence-corrected chi connectivity index (χ4v) is 3.95. The summed E-state index contributed by atoms with van der Waals surface area (Å²) in [6.45, 7) is 1.61. The van der Waals surface area contributed by atoms with Crippen molar-refractivity contribution in [2.24, 2.45) is 0 Å². The lowest BCUT2D eigenvalue weighted by molar-refractivity contribution is -0.116. The van der Waals surface area contributed by atoms with Gasteiger partial charge in [0.15, 0.2) is 0 Å². The molecule has 0 saturated heterocycles. The third kappa shape index (κ3) is 2.68. The van der Waals surface area contributed by atoms with Crippen molar-refractivity contribution in [3.63, 3.8) is 0 Å². The first-order valence-corrected chi connectivity index (χ1v) is 8.42. The van der Waals surface area contributed by atoms with Gasteiger partial charge in [0, 0.05) is 11.6 Å². The summed E-state index contributed by atoms with van der Waals surface area (Å²) in [6.07, 6.45) is 2.91. The number of carbonyl (C=O) groups excluding carboxylic acids is 1. The van der Waals surface area contributed by atoms with Crippen molar-refractivity contribution in [3.05, 3.63) is 39.3 Å². The highest BCUT2D eigenvalue weighted by molar-refractivity contribution is 9.10. The predicted octanol–water partition coefficient (Wildman–Crippen LogP) is 3.62. The molecule has 3 rings (SSSR count). The molecule has 1 heterocycles. The highest BCUT2D eigenvalue weighted by Gasteiger charge is 2.48. The van der Waals surface area contributed by atoms with E-state index in [1.807, 2.05) is 0 Å². The number of hydrogen-bond donors (Lipinski definition) is 2. The van der Waals surface area contributed by atoms with Gasteiger partial charge < -0.3 is 15.2 Å². The Morgan fingerprint density at radius 3 is 2.65 bits per heavy atom. The zero-order valence-corrected chi connectivity index (χ0v) is 14.7. The van der Waals surface area contributed by atoms with Gasteiger partial charge in [0.1, 0.15) is 11.6 Å². The van der Waals surface area contributed by atoms with E-state index in [1.165, 1.54) is 6.07 Å². The largest absolute Gasteiger partial charge is 0.509 e. The summed E-state index contributed by atoms with van der Waals surface area (Å²) >= 11 is 3.25. The minimum Gasteiger partial charge on any atom is -0.509 e. The lowest BCUT2D eigenvalue weighted by atomic mass is 9.79. The first-order chi connectivity index (χ1) is 10.9. The van der Waals surface area contributed by atoms with Crippen molar-refractivity contribution < 1.29 is 19.0 Å². The Bertz CT molecular complexity index is 693. The number of halogens is 2. The molecule has 1 saturated carbocycles. The molecule has 1 amide bonds. The van der Waals surface area contributed by atoms with Crippen LogP contribution in [0.2, 0.25) is 0 Å². The number of nitrogens with one attached hydrogen (secondary N) is 1. The second kappa shape index (κ2) is 5.91. The molecule has 23 heavy (non-hydrogen) atoms. The average molecular weight is 384 g/mol. The molecule has 2 N–H and O–H groups in total. The Hall–Kier alpha value is -1.40. The van der Waals surface area contributed by atoms with Crippen molar-refractivity contribution in [1.82, 2.24) is 5.32 Å². The quantitative estimate of drug-likeness (QED) is 0.819. The molecule has 1 aliphatic carbocycles. The monoisotopic (exact) mass is 383 g/mol. The second-order valence-corrected chi connectivity index (χ2v) is 7.17. The van der Waals surface area contributed by atoms with Crippen LogP contribution >= 0.6 is 15.9 Å². The van der Waals surface area contributed by atoms with Gasteiger partial charge in [-0.1, -0.05) is 15.9 Å². The van der Waals surface area contributed by atoms with E-state index in [1.54, 1.807) is 20.1 Å². The topological polar surface area (TPSA) is 58.6 Å². The maximum atomic E-state index is 14.0.